The highest BCUT2D eigenvalue weighted by molar-refractivity contribution is 5.75. The van der Waals surface area contributed by atoms with Crippen molar-refractivity contribution in [1.29, 1.82) is 0 Å². The quantitative estimate of drug-likeness (QED) is 0.507. The monoisotopic (exact) mass is 241 g/mol. The lowest BCUT2D eigenvalue weighted by molar-refractivity contribution is -0.147. The average molecular weight is 241 g/mol. The Hall–Kier alpha value is -0.570. The lowest BCUT2D eigenvalue weighted by Crippen LogP contribution is -2.44. The van der Waals surface area contributed by atoms with Crippen molar-refractivity contribution < 1.29 is 9.53 Å². The number of ether oxygens (including phenoxy) is 1. The van der Waals surface area contributed by atoms with Crippen LogP contribution in [0, 0.1) is 0 Å². The molecule has 100 valence electrons. The summed E-state index contributed by atoms with van der Waals surface area (Å²) in [6.07, 6.45) is 9.61. The Kier molecular flexibility index (Phi) is 7.25. The lowest BCUT2D eigenvalue weighted by atomic mass is 10.0. The molecule has 1 saturated heterocycles. The summed E-state index contributed by atoms with van der Waals surface area (Å²) in [5.41, 5.74) is 0. The van der Waals surface area contributed by atoms with Gasteiger partial charge in [-0.15, -0.1) is 0 Å². The number of esters is 1. The number of methoxy groups -OCH3 is 1. The van der Waals surface area contributed by atoms with Gasteiger partial charge in [-0.3, -0.25) is 9.69 Å². The number of piperidine rings is 1. The van der Waals surface area contributed by atoms with E-state index in [1.54, 1.807) is 0 Å². The molecule has 1 aliphatic heterocycles. The maximum atomic E-state index is 11.8. The largest absolute Gasteiger partial charge is 0.468 e. The zero-order valence-electron chi connectivity index (χ0n) is 11.4. The van der Waals surface area contributed by atoms with E-state index < -0.39 is 0 Å². The summed E-state index contributed by atoms with van der Waals surface area (Å²) in [5, 5.41) is 0. The number of rotatable bonds is 7. The molecule has 0 spiro atoms. The van der Waals surface area contributed by atoms with Crippen molar-refractivity contribution in [1.82, 2.24) is 4.90 Å². The van der Waals surface area contributed by atoms with Gasteiger partial charge in [-0.05, 0) is 32.4 Å². The van der Waals surface area contributed by atoms with Gasteiger partial charge < -0.3 is 4.74 Å². The van der Waals surface area contributed by atoms with E-state index in [2.05, 4.69) is 11.8 Å². The van der Waals surface area contributed by atoms with Gasteiger partial charge in [-0.25, -0.2) is 0 Å². The van der Waals surface area contributed by atoms with E-state index in [9.17, 15) is 4.79 Å². The van der Waals surface area contributed by atoms with Crippen molar-refractivity contribution in [3.05, 3.63) is 0 Å². The van der Waals surface area contributed by atoms with Crippen molar-refractivity contribution >= 4 is 5.97 Å². The van der Waals surface area contributed by atoms with E-state index in [1.165, 1.54) is 45.6 Å². The van der Waals surface area contributed by atoms with E-state index in [-0.39, 0.29) is 12.0 Å². The van der Waals surface area contributed by atoms with E-state index in [1.807, 2.05) is 0 Å². The van der Waals surface area contributed by atoms with Gasteiger partial charge in [0.1, 0.15) is 6.04 Å². The molecule has 1 heterocycles. The van der Waals surface area contributed by atoms with Crippen molar-refractivity contribution in [3.63, 3.8) is 0 Å². The first-order chi connectivity index (χ1) is 8.29. The van der Waals surface area contributed by atoms with Gasteiger partial charge in [0, 0.05) is 0 Å². The molecule has 1 atom stereocenters. The Balaban J connectivity index is 2.39. The van der Waals surface area contributed by atoms with Crippen LogP contribution in [0.4, 0.5) is 0 Å². The first-order valence-corrected chi connectivity index (χ1v) is 7.11. The van der Waals surface area contributed by atoms with Gasteiger partial charge in [0.2, 0.25) is 0 Å². The van der Waals surface area contributed by atoms with Crippen LogP contribution < -0.4 is 0 Å². The fraction of sp³-hybridized carbons (Fsp3) is 0.929. The summed E-state index contributed by atoms with van der Waals surface area (Å²) in [6, 6.07) is 0.0113. The molecular weight excluding hydrogens is 214 g/mol. The molecule has 3 nitrogen and oxygen atoms in total. The number of hydrogen-bond acceptors (Lipinski definition) is 3. The summed E-state index contributed by atoms with van der Waals surface area (Å²) in [7, 11) is 1.51. The van der Waals surface area contributed by atoms with Crippen molar-refractivity contribution in [2.24, 2.45) is 0 Å². The third-order valence-corrected chi connectivity index (χ3v) is 3.64. The maximum absolute atomic E-state index is 11.8. The molecule has 0 aliphatic carbocycles. The molecule has 0 bridgehead atoms. The van der Waals surface area contributed by atoms with Crippen molar-refractivity contribution in [2.45, 2.75) is 64.3 Å². The van der Waals surface area contributed by atoms with Gasteiger partial charge in [-0.1, -0.05) is 39.0 Å². The SMILES string of the molecule is CCCCCCC(C(=O)OC)N1CCCCC1. The molecule has 1 rings (SSSR count). The van der Waals surface area contributed by atoms with Gasteiger partial charge in [0.05, 0.1) is 7.11 Å². The van der Waals surface area contributed by atoms with Crippen molar-refractivity contribution in [2.75, 3.05) is 20.2 Å². The topological polar surface area (TPSA) is 29.5 Å². The lowest BCUT2D eigenvalue weighted by Gasteiger charge is -2.32. The molecule has 1 unspecified atom stereocenters. The van der Waals surface area contributed by atoms with Crippen LogP contribution in [0.2, 0.25) is 0 Å². The second-order valence-corrected chi connectivity index (χ2v) is 4.98. The second-order valence-electron chi connectivity index (χ2n) is 4.98. The highest BCUT2D eigenvalue weighted by atomic mass is 16.5. The number of carbonyl (C=O) groups is 1. The van der Waals surface area contributed by atoms with Gasteiger partial charge >= 0.3 is 5.97 Å². The van der Waals surface area contributed by atoms with Crippen molar-refractivity contribution in [3.8, 4) is 0 Å². The molecule has 0 saturated carbocycles. The third-order valence-electron chi connectivity index (χ3n) is 3.64. The number of unbranched alkanes of at least 4 members (excludes halogenated alkanes) is 3. The van der Waals surface area contributed by atoms with E-state index in [0.29, 0.717) is 0 Å². The number of hydrogen-bond donors (Lipinski definition) is 0. The van der Waals surface area contributed by atoms with Crippen LogP contribution in [0.25, 0.3) is 0 Å². The van der Waals surface area contributed by atoms with Crippen LogP contribution in [0.3, 0.4) is 0 Å². The van der Waals surface area contributed by atoms with Gasteiger partial charge in [-0.2, -0.15) is 0 Å². The zero-order chi connectivity index (χ0) is 12.5. The normalized spacial score (nSPS) is 18.9. The summed E-state index contributed by atoms with van der Waals surface area (Å²) in [6.45, 7) is 4.34. The van der Waals surface area contributed by atoms with Crippen LogP contribution in [0.15, 0.2) is 0 Å². The van der Waals surface area contributed by atoms with Gasteiger partial charge in [0.25, 0.3) is 0 Å². The fourth-order valence-electron chi connectivity index (χ4n) is 2.58. The Morgan fingerprint density at radius 2 is 1.88 bits per heavy atom. The molecule has 17 heavy (non-hydrogen) atoms. The second kappa shape index (κ2) is 8.51. The Labute approximate surface area is 106 Å². The highest BCUT2D eigenvalue weighted by Gasteiger charge is 2.27. The summed E-state index contributed by atoms with van der Waals surface area (Å²) >= 11 is 0. The average Bonchev–Trinajstić information content (AvgIpc) is 2.39. The number of nitrogens with zero attached hydrogens (tertiary/aromatic N) is 1. The minimum absolute atomic E-state index is 0.0113. The molecule has 3 heteroatoms. The molecule has 1 aliphatic rings. The van der Waals surface area contributed by atoms with Gasteiger partial charge in [0.15, 0.2) is 0 Å². The Morgan fingerprint density at radius 1 is 1.18 bits per heavy atom. The zero-order valence-corrected chi connectivity index (χ0v) is 11.4. The van der Waals surface area contributed by atoms with Crippen LogP contribution in [0.1, 0.15) is 58.3 Å². The first kappa shape index (κ1) is 14.5. The smallest absolute Gasteiger partial charge is 0.323 e. The van der Waals surface area contributed by atoms with Crippen LogP contribution in [-0.2, 0) is 9.53 Å². The van der Waals surface area contributed by atoms with Crippen LogP contribution >= 0.6 is 0 Å². The first-order valence-electron chi connectivity index (χ1n) is 7.11. The molecule has 0 radical (unpaired) electrons. The minimum Gasteiger partial charge on any atom is -0.468 e. The maximum Gasteiger partial charge on any atom is 0.323 e. The van der Waals surface area contributed by atoms with E-state index in [0.717, 1.165) is 25.9 Å². The number of likely N-dealkylation sites (tertiary alicyclic amines) is 1. The third kappa shape index (κ3) is 5.07. The fourth-order valence-corrected chi connectivity index (χ4v) is 2.58. The minimum atomic E-state index is -0.0385. The summed E-state index contributed by atoms with van der Waals surface area (Å²) in [5.74, 6) is -0.0385. The summed E-state index contributed by atoms with van der Waals surface area (Å²) in [4.78, 5) is 14.1. The predicted molar refractivity (Wildman–Crippen MR) is 70.0 cm³/mol. The predicted octanol–water partition coefficient (Wildman–Crippen LogP) is 2.98. The Morgan fingerprint density at radius 3 is 2.47 bits per heavy atom. The molecule has 0 amide bonds. The van der Waals surface area contributed by atoms with E-state index in [4.69, 9.17) is 4.74 Å². The molecule has 0 aromatic carbocycles. The molecule has 0 aromatic heterocycles. The molecule has 0 aromatic rings. The molecule has 0 N–H and O–H groups in total. The molecular formula is C14H27NO2. The standard InChI is InChI=1S/C14H27NO2/c1-3-4-5-7-10-13(14(16)17-2)15-11-8-6-9-12-15/h13H,3-12H2,1-2H3. The summed E-state index contributed by atoms with van der Waals surface area (Å²) < 4.78 is 4.94. The van der Waals surface area contributed by atoms with Crippen LogP contribution in [-0.4, -0.2) is 37.1 Å². The van der Waals surface area contributed by atoms with Crippen LogP contribution in [0.5, 0.6) is 0 Å². The molecule has 1 fully saturated rings. The highest BCUT2D eigenvalue weighted by Crippen LogP contribution is 2.18. The van der Waals surface area contributed by atoms with E-state index >= 15 is 0 Å². The Bertz CT molecular complexity index is 212. The number of carbonyl (C=O) groups excluding carboxylic acids is 1.